The van der Waals surface area contributed by atoms with Crippen molar-refractivity contribution >= 4 is 21.8 Å². The van der Waals surface area contributed by atoms with Crippen LogP contribution in [0.4, 0.5) is 0 Å². The number of hydrogen-bond donors (Lipinski definition) is 0. The third kappa shape index (κ3) is 3.36. The molecular weight excluding hydrogens is 230 g/mol. The molecule has 1 saturated heterocycles. The molecule has 1 fully saturated rings. The molecule has 0 saturated carbocycles. The van der Waals surface area contributed by atoms with Crippen molar-refractivity contribution in [3.8, 4) is 0 Å². The Kier molecular flexibility index (Phi) is 4.12. The van der Waals surface area contributed by atoms with Gasteiger partial charge in [-0.3, -0.25) is 0 Å². The second kappa shape index (κ2) is 4.63. The summed E-state index contributed by atoms with van der Waals surface area (Å²) in [6.07, 6.45) is 0.934. The van der Waals surface area contributed by atoms with E-state index >= 15 is 0 Å². The van der Waals surface area contributed by atoms with Crippen LogP contribution in [0, 0.1) is 0 Å². The smallest absolute Gasteiger partial charge is 0.212 e. The first kappa shape index (κ1) is 13.3. The first-order valence-corrected chi connectivity index (χ1v) is 7.87. The highest BCUT2D eigenvalue weighted by Gasteiger charge is 2.31. The predicted molar refractivity (Wildman–Crippen MR) is 66.8 cm³/mol. The molecule has 0 radical (unpaired) electrons. The standard InChI is InChI=1S/C10H21NO2S2/c1-9(2)15(12,13)11-6-5-10(3,4)14-8-7-11/h9H,5-8H2,1-4H3. The van der Waals surface area contributed by atoms with Gasteiger partial charge in [0.15, 0.2) is 0 Å². The van der Waals surface area contributed by atoms with Crippen LogP contribution in [-0.4, -0.2) is 41.6 Å². The molecule has 1 heterocycles. The highest BCUT2D eigenvalue weighted by molar-refractivity contribution is 8.00. The molecule has 15 heavy (non-hydrogen) atoms. The van der Waals surface area contributed by atoms with Crippen LogP contribution < -0.4 is 0 Å². The van der Waals surface area contributed by atoms with E-state index in [-0.39, 0.29) is 10.00 Å². The molecule has 1 rings (SSSR count). The zero-order valence-corrected chi connectivity index (χ0v) is 11.6. The lowest BCUT2D eigenvalue weighted by atomic mass is 10.1. The molecule has 0 N–H and O–H groups in total. The lowest BCUT2D eigenvalue weighted by molar-refractivity contribution is 0.410. The van der Waals surface area contributed by atoms with Gasteiger partial charge in [0.05, 0.1) is 5.25 Å². The van der Waals surface area contributed by atoms with Gasteiger partial charge in [0.25, 0.3) is 0 Å². The Balaban J connectivity index is 2.75. The van der Waals surface area contributed by atoms with Crippen molar-refractivity contribution in [1.82, 2.24) is 4.31 Å². The van der Waals surface area contributed by atoms with E-state index in [1.165, 1.54) is 0 Å². The third-order valence-corrected chi connectivity index (χ3v) is 6.40. The number of nitrogens with zero attached hydrogens (tertiary/aromatic N) is 1. The topological polar surface area (TPSA) is 37.4 Å². The first-order chi connectivity index (χ1) is 6.76. The van der Waals surface area contributed by atoms with E-state index in [1.54, 1.807) is 18.2 Å². The SMILES string of the molecule is CC(C)S(=O)(=O)N1CCSC(C)(C)CC1. The van der Waals surface area contributed by atoms with Crippen molar-refractivity contribution in [2.45, 2.75) is 44.1 Å². The van der Waals surface area contributed by atoms with E-state index < -0.39 is 10.0 Å². The lowest BCUT2D eigenvalue weighted by Crippen LogP contribution is -2.38. The van der Waals surface area contributed by atoms with E-state index in [0.717, 1.165) is 12.2 Å². The maximum absolute atomic E-state index is 12.0. The summed E-state index contributed by atoms with van der Waals surface area (Å²) in [5.41, 5.74) is 0. The van der Waals surface area contributed by atoms with E-state index in [9.17, 15) is 8.42 Å². The monoisotopic (exact) mass is 251 g/mol. The van der Waals surface area contributed by atoms with Crippen LogP contribution in [0.25, 0.3) is 0 Å². The van der Waals surface area contributed by atoms with Gasteiger partial charge in [-0.25, -0.2) is 12.7 Å². The summed E-state index contributed by atoms with van der Waals surface area (Å²) in [6.45, 7) is 9.19. The van der Waals surface area contributed by atoms with E-state index in [2.05, 4.69) is 13.8 Å². The Labute approximate surface area is 97.7 Å². The second-order valence-electron chi connectivity index (χ2n) is 4.85. The number of hydrogen-bond acceptors (Lipinski definition) is 3. The molecule has 0 spiro atoms. The Morgan fingerprint density at radius 1 is 1.27 bits per heavy atom. The molecule has 5 heteroatoms. The molecule has 0 aromatic heterocycles. The molecule has 0 aliphatic carbocycles. The maximum atomic E-state index is 12.0. The van der Waals surface area contributed by atoms with Crippen LogP contribution >= 0.6 is 11.8 Å². The van der Waals surface area contributed by atoms with Gasteiger partial charge in [-0.05, 0) is 20.3 Å². The number of sulfonamides is 1. The summed E-state index contributed by atoms with van der Waals surface area (Å²) in [7, 11) is -3.05. The summed E-state index contributed by atoms with van der Waals surface area (Å²) in [4.78, 5) is 0. The van der Waals surface area contributed by atoms with Gasteiger partial charge < -0.3 is 0 Å². The van der Waals surface area contributed by atoms with Crippen molar-refractivity contribution in [3.05, 3.63) is 0 Å². The van der Waals surface area contributed by atoms with E-state index in [0.29, 0.717) is 13.1 Å². The molecule has 1 aliphatic rings. The zero-order valence-electron chi connectivity index (χ0n) is 9.99. The molecule has 0 bridgehead atoms. The Hall–Kier alpha value is 0.260. The number of rotatable bonds is 2. The van der Waals surface area contributed by atoms with Gasteiger partial charge in [-0.2, -0.15) is 11.8 Å². The molecule has 0 aromatic rings. The molecule has 90 valence electrons. The Morgan fingerprint density at radius 3 is 2.40 bits per heavy atom. The van der Waals surface area contributed by atoms with Crippen molar-refractivity contribution < 1.29 is 8.42 Å². The van der Waals surface area contributed by atoms with Gasteiger partial charge in [0.1, 0.15) is 0 Å². The van der Waals surface area contributed by atoms with Crippen molar-refractivity contribution in [3.63, 3.8) is 0 Å². The average Bonchev–Trinajstić information content (AvgIpc) is 2.26. The highest BCUT2D eigenvalue weighted by Crippen LogP contribution is 2.31. The summed E-state index contributed by atoms with van der Waals surface area (Å²) < 4.78 is 25.8. The van der Waals surface area contributed by atoms with Gasteiger partial charge in [-0.15, -0.1) is 0 Å². The maximum Gasteiger partial charge on any atom is 0.216 e. The molecule has 0 amide bonds. The van der Waals surface area contributed by atoms with Crippen LogP contribution in [0.1, 0.15) is 34.1 Å². The first-order valence-electron chi connectivity index (χ1n) is 5.39. The molecule has 0 unspecified atom stereocenters. The van der Waals surface area contributed by atoms with Crippen LogP contribution in [0.15, 0.2) is 0 Å². The minimum Gasteiger partial charge on any atom is -0.212 e. The summed E-state index contributed by atoms with van der Waals surface area (Å²) in [5.74, 6) is 0.902. The van der Waals surface area contributed by atoms with Gasteiger partial charge in [-0.1, -0.05) is 13.8 Å². The minimum absolute atomic E-state index is 0.210. The van der Waals surface area contributed by atoms with Gasteiger partial charge in [0.2, 0.25) is 10.0 Å². The Morgan fingerprint density at radius 2 is 1.87 bits per heavy atom. The van der Waals surface area contributed by atoms with Crippen LogP contribution in [0.5, 0.6) is 0 Å². The van der Waals surface area contributed by atoms with Gasteiger partial charge >= 0.3 is 0 Å². The molecule has 3 nitrogen and oxygen atoms in total. The summed E-state index contributed by atoms with van der Waals surface area (Å²) in [6, 6.07) is 0. The zero-order chi connectivity index (χ0) is 11.7. The highest BCUT2D eigenvalue weighted by atomic mass is 32.2. The van der Waals surface area contributed by atoms with Crippen molar-refractivity contribution in [2.24, 2.45) is 0 Å². The largest absolute Gasteiger partial charge is 0.216 e. The molecule has 1 aliphatic heterocycles. The van der Waals surface area contributed by atoms with Gasteiger partial charge in [0, 0.05) is 23.6 Å². The Bertz CT molecular complexity index is 309. The van der Waals surface area contributed by atoms with Crippen LogP contribution in [-0.2, 0) is 10.0 Å². The molecule has 0 atom stereocenters. The fourth-order valence-corrected chi connectivity index (χ4v) is 4.06. The lowest BCUT2D eigenvalue weighted by Gasteiger charge is -2.23. The van der Waals surface area contributed by atoms with Crippen LogP contribution in [0.3, 0.4) is 0 Å². The fourth-order valence-electron chi connectivity index (χ4n) is 1.55. The quantitative estimate of drug-likeness (QED) is 0.753. The normalized spacial score (nSPS) is 24.1. The van der Waals surface area contributed by atoms with Crippen LogP contribution in [0.2, 0.25) is 0 Å². The predicted octanol–water partition coefficient (Wildman–Crippen LogP) is 1.94. The summed E-state index contributed by atoms with van der Waals surface area (Å²) >= 11 is 1.87. The minimum atomic E-state index is -3.05. The molecule has 0 aromatic carbocycles. The number of thioether (sulfide) groups is 1. The fraction of sp³-hybridized carbons (Fsp3) is 1.00. The third-order valence-electron chi connectivity index (χ3n) is 2.75. The van der Waals surface area contributed by atoms with E-state index in [1.807, 2.05) is 11.8 Å². The van der Waals surface area contributed by atoms with Crippen molar-refractivity contribution in [2.75, 3.05) is 18.8 Å². The van der Waals surface area contributed by atoms with E-state index in [4.69, 9.17) is 0 Å². The second-order valence-corrected chi connectivity index (χ2v) is 9.14. The average molecular weight is 251 g/mol. The molecular formula is C10H21NO2S2. The summed E-state index contributed by atoms with van der Waals surface area (Å²) in [5, 5.41) is -0.302. The van der Waals surface area contributed by atoms with Crippen molar-refractivity contribution in [1.29, 1.82) is 0 Å².